The first-order valence-electron chi connectivity index (χ1n) is 40.4. The predicted molar refractivity (Wildman–Crippen MR) is 490 cm³/mol. The first-order valence-corrected chi connectivity index (χ1v) is 40.4. The second-order valence-corrected chi connectivity index (χ2v) is 29.7. The van der Waals surface area contributed by atoms with Crippen molar-refractivity contribution in [3.63, 3.8) is 0 Å². The third-order valence-corrected chi connectivity index (χ3v) is 17.2. The summed E-state index contributed by atoms with van der Waals surface area (Å²) in [7, 11) is 0. The van der Waals surface area contributed by atoms with Gasteiger partial charge in [-0.1, -0.05) is 96.6 Å². The summed E-state index contributed by atoms with van der Waals surface area (Å²) in [5.74, 6) is -21.3. The molecule has 39 heteroatoms. The number of ketones is 1. The highest BCUT2D eigenvalue weighted by Gasteiger charge is 2.32. The zero-order valence-corrected chi connectivity index (χ0v) is 77.5. The van der Waals surface area contributed by atoms with Crippen LogP contribution in [-0.4, -0.2) is 142 Å². The van der Waals surface area contributed by atoms with Gasteiger partial charge in [0.15, 0.2) is 46.0 Å². The number of Topliss-reactive ketones (excluding diaryl/α,β-unsaturated/α-hetero) is 1. The normalized spacial score (nSPS) is 10.3. The number of fused-ring (bicyclic) bond motifs is 2. The summed E-state index contributed by atoms with van der Waals surface area (Å²) in [6.45, 7) is 50.3. The molecule has 0 heterocycles. The van der Waals surface area contributed by atoms with Gasteiger partial charge in [0.1, 0.15) is 23.0 Å². The largest absolute Gasteiger partial charge is 0.453 e. The van der Waals surface area contributed by atoms with E-state index in [1.165, 1.54) is 137 Å². The minimum absolute atomic E-state index is 0.000214. The highest BCUT2D eigenvalue weighted by atomic mass is 16.7. The van der Waals surface area contributed by atoms with E-state index < -0.39 is 177 Å². The van der Waals surface area contributed by atoms with Crippen LogP contribution in [-0.2, 0) is 90.8 Å². The molecule has 0 spiro atoms. The van der Waals surface area contributed by atoms with Gasteiger partial charge < -0.3 is 104 Å². The Kier molecular flexibility index (Phi) is 38.7. The molecule has 8 aromatic carbocycles. The van der Waals surface area contributed by atoms with Crippen LogP contribution >= 0.6 is 0 Å². The highest BCUT2D eigenvalue weighted by molar-refractivity contribution is 6.33. The second kappa shape index (κ2) is 49.9. The number of carbonyl (C=O) groups is 17. The van der Waals surface area contributed by atoms with Crippen LogP contribution in [0, 0.1) is 0 Å². The maximum atomic E-state index is 13.8. The molecule has 0 saturated heterocycles. The molecule has 8 rings (SSSR count). The molecule has 39 nitrogen and oxygen atoms in total. The van der Waals surface area contributed by atoms with Crippen molar-refractivity contribution in [3.05, 3.63) is 277 Å². The molecule has 0 bridgehead atoms. The fourth-order valence-corrected chi connectivity index (χ4v) is 10.0. The molecule has 728 valence electrons. The maximum Gasteiger partial charge on any atom is 0.379 e. The van der Waals surface area contributed by atoms with Crippen molar-refractivity contribution in [1.29, 1.82) is 0 Å². The molecular weight excluding hydrogens is 1840 g/mol. The number of hydrogen-bond acceptors (Lipinski definition) is 39. The van der Waals surface area contributed by atoms with Crippen molar-refractivity contribution >= 4 is 123 Å². The summed E-state index contributed by atoms with van der Waals surface area (Å²) >= 11 is 0. The third-order valence-electron chi connectivity index (χ3n) is 17.2. The van der Waals surface area contributed by atoms with E-state index in [2.05, 4.69) is 72.4 Å². The quantitative estimate of drug-likeness (QED) is 0.00854. The van der Waals surface area contributed by atoms with Crippen LogP contribution in [0.2, 0.25) is 0 Å². The molecule has 0 N–H and O–H groups in total. The summed E-state index contributed by atoms with van der Waals surface area (Å²) in [5, 5.41) is 1.94. The molecular formula is C101H90O39. The van der Waals surface area contributed by atoms with Crippen LogP contribution < -0.4 is 75.8 Å². The lowest BCUT2D eigenvalue weighted by atomic mass is 10.1. The Morgan fingerprint density at radius 1 is 0.186 bits per heavy atom. The molecule has 0 aromatic heterocycles. The van der Waals surface area contributed by atoms with Crippen molar-refractivity contribution in [3.8, 4) is 92.0 Å². The van der Waals surface area contributed by atoms with E-state index in [-0.39, 0.29) is 141 Å². The van der Waals surface area contributed by atoms with Gasteiger partial charge in [0.2, 0.25) is 69.5 Å². The SMILES string of the molecule is C=C(C)C(=O)OCOc1cc(C(=O)Oc2ccc3cc(OC(=O)c4cc(OCOC(=O)C(=C)C)c(OCOC(=O)C(=C)C)c(OCOC(=O)C(=C)C)c4)ccc3c2)cc(OCOC(=O)C(=C)C)c1OCOC(=O)C(=C)C.C=C(C)C(=O)Oc1cc(C(=O)Oc2ccc3cc(OC(=O)c4cc(OC(=O)C(=C)C)c(OC(=O)C(C)=O)c(OC(=O)C(=C)C)c4)ccc3c2)cc(OC(=O)C(=C)C)c1OC(=O)C(=C)C. The number of esters is 16. The summed E-state index contributed by atoms with van der Waals surface area (Å²) in [5.41, 5.74) is -1.14. The van der Waals surface area contributed by atoms with Crippen LogP contribution in [0.15, 0.2) is 255 Å². The van der Waals surface area contributed by atoms with E-state index in [9.17, 15) is 81.5 Å². The maximum absolute atomic E-state index is 13.8. The van der Waals surface area contributed by atoms with Gasteiger partial charge in [0.05, 0.1) is 22.3 Å². The lowest BCUT2D eigenvalue weighted by Gasteiger charge is -2.18. The van der Waals surface area contributed by atoms with Crippen LogP contribution in [0.4, 0.5) is 0 Å². The number of rotatable bonds is 44. The van der Waals surface area contributed by atoms with Crippen LogP contribution in [0.1, 0.15) is 125 Å². The molecule has 0 atom stereocenters. The number of ether oxygens (including phenoxy) is 22. The van der Waals surface area contributed by atoms with Gasteiger partial charge in [-0.15, -0.1) is 0 Å². The first kappa shape index (κ1) is 108. The van der Waals surface area contributed by atoms with Crippen molar-refractivity contribution in [2.45, 2.75) is 83.1 Å². The standard InChI is InChI=1S/C54H52O22.C47H38O17/c1-29(2)47(55)69-23-63-41-19-37(20-42(64-24-70-48(56)30(3)4)45(41)67-27-73-51(59)33(9)10)53(61)75-39-15-13-36-18-40(16-14-35(36)17-39)76-54(62)38-21-43(65-25-71-49(57)31(5)6)46(68-28-74-52(60)34(11)12)44(22-38)66-26-72-50(58)32(7)8;1-22(2)40(49)59-34-18-30(19-35(60-41(50)23(3)4)38(34)63-44(53)26(9)10)46(55)57-32-14-12-29-17-33(15-13-28(29)16-32)58-47(56)31-20-36(61-42(51)24(5)6)39(64-45(54)27(11)48)37(21-31)62-43(52)25(7)8/h13-22H,1,3,5,7,9,11,23-28H2,2,4,6,8,10,12H3;12-21H,1,3,5,7,9H2,2,4,6,8,10-11H3. The lowest BCUT2D eigenvalue weighted by Crippen LogP contribution is -2.20. The number of benzene rings is 8. The lowest BCUT2D eigenvalue weighted by molar-refractivity contribution is -0.148. The van der Waals surface area contributed by atoms with Gasteiger partial charge in [-0.2, -0.15) is 0 Å². The Balaban J connectivity index is 0.000000386. The van der Waals surface area contributed by atoms with Gasteiger partial charge in [-0.05, 0) is 195 Å². The minimum Gasteiger partial charge on any atom is -0.453 e. The van der Waals surface area contributed by atoms with E-state index in [4.69, 9.17) is 104 Å². The van der Waals surface area contributed by atoms with E-state index in [0.29, 0.717) is 21.5 Å². The van der Waals surface area contributed by atoms with E-state index in [0.717, 1.165) is 55.5 Å². The minimum atomic E-state index is -1.41. The topological polar surface area (TPSA) is 493 Å². The van der Waals surface area contributed by atoms with Crippen LogP contribution in [0.3, 0.4) is 0 Å². The molecule has 8 aromatic rings. The molecule has 0 aliphatic heterocycles. The van der Waals surface area contributed by atoms with E-state index >= 15 is 0 Å². The zero-order valence-electron chi connectivity index (χ0n) is 77.5. The Labute approximate surface area is 798 Å². The van der Waals surface area contributed by atoms with Gasteiger partial charge in [-0.3, -0.25) is 4.79 Å². The molecule has 0 aliphatic rings. The smallest absolute Gasteiger partial charge is 0.379 e. The predicted octanol–water partition coefficient (Wildman–Crippen LogP) is 15.2. The average molecular weight is 1930 g/mol. The van der Waals surface area contributed by atoms with Crippen molar-refractivity contribution in [1.82, 2.24) is 0 Å². The molecule has 0 saturated carbocycles. The van der Waals surface area contributed by atoms with E-state index in [1.54, 1.807) is 12.1 Å². The van der Waals surface area contributed by atoms with Crippen LogP contribution in [0.25, 0.3) is 21.5 Å². The van der Waals surface area contributed by atoms with Crippen molar-refractivity contribution < 1.29 is 186 Å². The summed E-state index contributed by atoms with van der Waals surface area (Å²) < 4.78 is 118. The average Bonchev–Trinajstić information content (AvgIpc) is 0.792. The molecule has 0 amide bonds. The number of carbonyl (C=O) groups excluding carboxylic acids is 17. The molecule has 140 heavy (non-hydrogen) atoms. The summed E-state index contributed by atoms with van der Waals surface area (Å²) in [4.78, 5) is 214. The molecule has 0 fully saturated rings. The number of hydrogen-bond donors (Lipinski definition) is 0. The summed E-state index contributed by atoms with van der Waals surface area (Å²) in [6.07, 6.45) is 0. The van der Waals surface area contributed by atoms with Gasteiger partial charge in [-0.25, -0.2) is 76.7 Å². The molecule has 0 aliphatic carbocycles. The Bertz CT molecular complexity index is 5980. The Morgan fingerprint density at radius 3 is 0.543 bits per heavy atom. The fourth-order valence-electron chi connectivity index (χ4n) is 10.0. The monoisotopic (exact) mass is 1930 g/mol. The molecule has 0 radical (unpaired) electrons. The Hall–Kier alpha value is -18.6. The second-order valence-electron chi connectivity index (χ2n) is 29.7. The van der Waals surface area contributed by atoms with Gasteiger partial charge in [0, 0.05) is 68.2 Å². The van der Waals surface area contributed by atoms with Crippen molar-refractivity contribution in [2.75, 3.05) is 40.8 Å². The van der Waals surface area contributed by atoms with E-state index in [1.807, 2.05) is 0 Å². The van der Waals surface area contributed by atoms with Gasteiger partial charge in [0.25, 0.3) is 0 Å². The van der Waals surface area contributed by atoms with Crippen LogP contribution in [0.5, 0.6) is 92.0 Å². The first-order chi connectivity index (χ1) is 65.9. The fraction of sp³-hybridized carbons (Fsp3) is 0.178. The van der Waals surface area contributed by atoms with Crippen molar-refractivity contribution in [2.24, 2.45) is 0 Å². The molecule has 0 unspecified atom stereocenters. The third kappa shape index (κ3) is 31.8. The zero-order chi connectivity index (χ0) is 104. The summed E-state index contributed by atoms with van der Waals surface area (Å²) in [6, 6.07) is 26.2. The Morgan fingerprint density at radius 2 is 0.357 bits per heavy atom. The highest BCUT2D eigenvalue weighted by Crippen LogP contribution is 2.45. The van der Waals surface area contributed by atoms with Gasteiger partial charge >= 0.3 is 95.5 Å².